The third-order valence-electron chi connectivity index (χ3n) is 1.71. The van der Waals surface area contributed by atoms with Crippen molar-refractivity contribution in [2.24, 2.45) is 0 Å². The standard InChI is InChI=1S/C6H16N.BH4/c1-5-7(3,4)6-2;/h5-6H2,1-4H3;1H4/q+1;-1. The Kier molecular flexibility index (Phi) is 5.40. The molecule has 0 atom stereocenters. The fourth-order valence-electron chi connectivity index (χ4n) is 0.224. The van der Waals surface area contributed by atoms with E-state index in [0.29, 0.717) is 0 Å². The molecular weight excluding hydrogens is 96.9 g/mol. The van der Waals surface area contributed by atoms with Crippen LogP contribution in [0.5, 0.6) is 0 Å². The first kappa shape index (κ1) is 10.9. The number of hydrogen-bond donors (Lipinski definition) is 0. The molecular formula is C6H20BN. The summed E-state index contributed by atoms with van der Waals surface area (Å²) in [7, 11) is 4.47. The lowest BCUT2D eigenvalue weighted by Gasteiger charge is -2.25. The van der Waals surface area contributed by atoms with Gasteiger partial charge >= 0.3 is 0 Å². The molecule has 0 aromatic carbocycles. The largest absolute Gasteiger partial charge is 0.329 e. The zero-order valence-corrected chi connectivity index (χ0v) is 5.86. The zero-order valence-electron chi connectivity index (χ0n) is 5.86. The molecule has 0 amide bonds. The van der Waals surface area contributed by atoms with E-state index < -0.39 is 0 Å². The van der Waals surface area contributed by atoms with E-state index in [9.17, 15) is 0 Å². The Balaban J connectivity index is 0. The second kappa shape index (κ2) is 3.96. The monoisotopic (exact) mass is 117 g/mol. The van der Waals surface area contributed by atoms with Crippen LogP contribution >= 0.6 is 0 Å². The molecule has 0 heterocycles. The van der Waals surface area contributed by atoms with Gasteiger partial charge in [-0.1, -0.05) is 8.41 Å². The topological polar surface area (TPSA) is 0 Å². The van der Waals surface area contributed by atoms with Gasteiger partial charge in [0.05, 0.1) is 27.2 Å². The fraction of sp³-hybridized carbons (Fsp3) is 1.00. The summed E-state index contributed by atoms with van der Waals surface area (Å²) in [6.07, 6.45) is 0. The Hall–Kier alpha value is 0.0249. The molecule has 0 aliphatic rings. The smallest absolute Gasteiger partial charge is 0.0753 e. The van der Waals surface area contributed by atoms with Crippen molar-refractivity contribution in [1.29, 1.82) is 0 Å². The molecule has 1 nitrogen and oxygen atoms in total. The predicted octanol–water partition coefficient (Wildman–Crippen LogP) is -0.349. The molecule has 0 N–H and O–H groups in total. The molecule has 0 radical (unpaired) electrons. The highest BCUT2D eigenvalue weighted by Crippen LogP contribution is 1.91. The lowest BCUT2D eigenvalue weighted by atomic mass is 10.5. The van der Waals surface area contributed by atoms with Crippen LogP contribution in [-0.2, 0) is 0 Å². The van der Waals surface area contributed by atoms with Gasteiger partial charge in [-0.25, -0.2) is 0 Å². The molecule has 0 spiro atoms. The van der Waals surface area contributed by atoms with Crippen molar-refractivity contribution >= 4 is 8.41 Å². The highest BCUT2D eigenvalue weighted by atomic mass is 15.3. The molecule has 2 heteroatoms. The minimum absolute atomic E-state index is 0. The average Bonchev–Trinajstić information content (AvgIpc) is 1.68. The molecule has 0 unspecified atom stereocenters. The van der Waals surface area contributed by atoms with Crippen molar-refractivity contribution in [3.05, 3.63) is 0 Å². The molecule has 0 aromatic rings. The van der Waals surface area contributed by atoms with Crippen molar-refractivity contribution < 1.29 is 4.48 Å². The van der Waals surface area contributed by atoms with Crippen LogP contribution < -0.4 is 0 Å². The van der Waals surface area contributed by atoms with E-state index in [1.54, 1.807) is 0 Å². The van der Waals surface area contributed by atoms with Gasteiger partial charge in [0, 0.05) is 0 Å². The molecule has 0 aromatic heterocycles. The van der Waals surface area contributed by atoms with Gasteiger partial charge in [0.1, 0.15) is 0 Å². The number of hydrogen-bond acceptors (Lipinski definition) is 0. The second-order valence-electron chi connectivity index (χ2n) is 2.57. The Bertz CT molecular complexity index is 46.5. The fourth-order valence-corrected chi connectivity index (χ4v) is 0.224. The van der Waals surface area contributed by atoms with Crippen molar-refractivity contribution in [1.82, 2.24) is 0 Å². The molecule has 0 fully saturated rings. The molecule has 52 valence electrons. The van der Waals surface area contributed by atoms with E-state index in [4.69, 9.17) is 0 Å². The van der Waals surface area contributed by atoms with Gasteiger partial charge in [-0.15, -0.1) is 0 Å². The first-order valence-electron chi connectivity index (χ1n) is 2.94. The van der Waals surface area contributed by atoms with Crippen molar-refractivity contribution in [3.8, 4) is 0 Å². The van der Waals surface area contributed by atoms with Gasteiger partial charge in [0.2, 0.25) is 0 Å². The highest BCUT2D eigenvalue weighted by molar-refractivity contribution is 5.75. The third kappa shape index (κ3) is 4.19. The van der Waals surface area contributed by atoms with E-state index in [1.807, 2.05) is 0 Å². The van der Waals surface area contributed by atoms with Gasteiger partial charge in [-0.3, -0.25) is 0 Å². The lowest BCUT2D eigenvalue weighted by Crippen LogP contribution is -2.38. The van der Waals surface area contributed by atoms with E-state index in [0.717, 1.165) is 4.48 Å². The maximum atomic E-state index is 2.24. The summed E-state index contributed by atoms with van der Waals surface area (Å²) in [6.45, 7) is 6.89. The van der Waals surface area contributed by atoms with Crippen LogP contribution in [0.4, 0.5) is 0 Å². The van der Waals surface area contributed by atoms with Gasteiger partial charge in [0.15, 0.2) is 0 Å². The normalized spacial score (nSPS) is 10.5. The number of rotatable bonds is 2. The lowest BCUT2D eigenvalue weighted by molar-refractivity contribution is -0.886. The van der Waals surface area contributed by atoms with E-state index in [1.165, 1.54) is 13.1 Å². The van der Waals surface area contributed by atoms with Crippen LogP contribution in [-0.4, -0.2) is 40.1 Å². The second-order valence-corrected chi connectivity index (χ2v) is 2.57. The van der Waals surface area contributed by atoms with Gasteiger partial charge in [-0.05, 0) is 13.8 Å². The Morgan fingerprint density at radius 2 is 1.25 bits per heavy atom. The van der Waals surface area contributed by atoms with Crippen LogP contribution in [0.2, 0.25) is 0 Å². The number of quaternary nitrogens is 1. The van der Waals surface area contributed by atoms with E-state index in [-0.39, 0.29) is 8.41 Å². The molecule has 0 saturated heterocycles. The van der Waals surface area contributed by atoms with Crippen molar-refractivity contribution in [3.63, 3.8) is 0 Å². The summed E-state index contributed by atoms with van der Waals surface area (Å²) in [6, 6.07) is 0. The van der Waals surface area contributed by atoms with Crippen LogP contribution in [0.3, 0.4) is 0 Å². The highest BCUT2D eigenvalue weighted by Gasteiger charge is 2.04. The quantitative estimate of drug-likeness (QED) is 0.342. The number of nitrogens with zero attached hydrogens (tertiary/aromatic N) is 1. The zero-order chi connectivity index (χ0) is 5.91. The summed E-state index contributed by atoms with van der Waals surface area (Å²) >= 11 is 0. The summed E-state index contributed by atoms with van der Waals surface area (Å²) in [5.41, 5.74) is 0. The SMILES string of the molecule is CC[N+](C)(C)CC.[BH4-]. The molecule has 0 aliphatic carbocycles. The first-order chi connectivity index (χ1) is 3.12. The van der Waals surface area contributed by atoms with Gasteiger partial charge in [0.25, 0.3) is 0 Å². The van der Waals surface area contributed by atoms with Crippen molar-refractivity contribution in [2.45, 2.75) is 13.8 Å². The maximum absolute atomic E-state index is 2.24. The molecule has 0 aliphatic heterocycles. The molecule has 0 saturated carbocycles. The van der Waals surface area contributed by atoms with E-state index >= 15 is 0 Å². The summed E-state index contributed by atoms with van der Waals surface area (Å²) in [5.74, 6) is 0. The third-order valence-corrected chi connectivity index (χ3v) is 1.71. The van der Waals surface area contributed by atoms with E-state index in [2.05, 4.69) is 27.9 Å². The van der Waals surface area contributed by atoms with Gasteiger partial charge < -0.3 is 4.48 Å². The Morgan fingerprint density at radius 1 is 1.00 bits per heavy atom. The first-order valence-corrected chi connectivity index (χ1v) is 2.94. The minimum atomic E-state index is 0. The molecule has 0 rings (SSSR count). The van der Waals surface area contributed by atoms with Crippen LogP contribution in [0, 0.1) is 0 Å². The average molecular weight is 117 g/mol. The molecule has 0 bridgehead atoms. The van der Waals surface area contributed by atoms with Gasteiger partial charge in [-0.2, -0.15) is 0 Å². The van der Waals surface area contributed by atoms with Crippen LogP contribution in [0.1, 0.15) is 13.8 Å². The minimum Gasteiger partial charge on any atom is -0.329 e. The van der Waals surface area contributed by atoms with Crippen LogP contribution in [0.15, 0.2) is 0 Å². The Morgan fingerprint density at radius 3 is 1.25 bits per heavy atom. The maximum Gasteiger partial charge on any atom is 0.0753 e. The summed E-state index contributed by atoms with van der Waals surface area (Å²) in [5, 5.41) is 0. The molecule has 8 heavy (non-hydrogen) atoms. The van der Waals surface area contributed by atoms with Crippen molar-refractivity contribution in [2.75, 3.05) is 27.2 Å². The van der Waals surface area contributed by atoms with Crippen LogP contribution in [0.25, 0.3) is 0 Å². The summed E-state index contributed by atoms with van der Waals surface area (Å²) < 4.78 is 1.14. The Labute approximate surface area is 54.9 Å². The predicted molar refractivity (Wildman–Crippen MR) is 44.5 cm³/mol. The summed E-state index contributed by atoms with van der Waals surface area (Å²) in [4.78, 5) is 0.